The molecule has 1 rings (SSSR count). The Morgan fingerprint density at radius 1 is 1.44 bits per heavy atom. The van der Waals surface area contributed by atoms with Gasteiger partial charge in [0.15, 0.2) is 0 Å². The molecule has 0 aromatic carbocycles. The molecule has 1 heterocycles. The summed E-state index contributed by atoms with van der Waals surface area (Å²) in [5.41, 5.74) is 0. The van der Waals surface area contributed by atoms with E-state index in [-0.39, 0.29) is 5.25 Å². The maximum absolute atomic E-state index is 11.9. The van der Waals surface area contributed by atoms with Crippen LogP contribution in [0.2, 0.25) is 0 Å². The summed E-state index contributed by atoms with van der Waals surface area (Å²) in [5, 5.41) is 2.98. The highest BCUT2D eigenvalue weighted by molar-refractivity contribution is 7.98. The van der Waals surface area contributed by atoms with Gasteiger partial charge in [-0.2, -0.15) is 11.8 Å². The normalized spacial score (nSPS) is 20.9. The minimum Gasteiger partial charge on any atom is -0.317 e. The molecule has 1 saturated heterocycles. The lowest BCUT2D eigenvalue weighted by Crippen LogP contribution is -2.42. The smallest absolute Gasteiger partial charge is 0.214 e. The van der Waals surface area contributed by atoms with Gasteiger partial charge in [-0.1, -0.05) is 6.92 Å². The SMILES string of the molecule is CSCC(C)CNS(=O)(=O)C1CCNCC1. The Labute approximate surface area is 103 Å². The molecule has 1 unspecified atom stereocenters. The molecular weight excluding hydrogens is 244 g/mol. The predicted octanol–water partition coefficient (Wildman–Crippen LogP) is 0.657. The van der Waals surface area contributed by atoms with Crippen LogP contribution in [0, 0.1) is 5.92 Å². The molecule has 96 valence electrons. The zero-order chi connectivity index (χ0) is 12.0. The molecule has 1 fully saturated rings. The Hall–Kier alpha value is 0.220. The van der Waals surface area contributed by atoms with Crippen molar-refractivity contribution in [2.24, 2.45) is 5.92 Å². The van der Waals surface area contributed by atoms with E-state index < -0.39 is 10.0 Å². The van der Waals surface area contributed by atoms with Crippen LogP contribution in [-0.2, 0) is 10.0 Å². The second-order valence-electron chi connectivity index (χ2n) is 4.40. The van der Waals surface area contributed by atoms with E-state index in [9.17, 15) is 8.42 Å². The third kappa shape index (κ3) is 4.61. The highest BCUT2D eigenvalue weighted by atomic mass is 32.2. The van der Waals surface area contributed by atoms with Crippen LogP contribution in [0.3, 0.4) is 0 Å². The Bertz CT molecular complexity index is 287. The maximum atomic E-state index is 11.9. The summed E-state index contributed by atoms with van der Waals surface area (Å²) in [5.74, 6) is 1.39. The first kappa shape index (κ1) is 14.3. The van der Waals surface area contributed by atoms with Crippen molar-refractivity contribution in [2.45, 2.75) is 25.0 Å². The van der Waals surface area contributed by atoms with Gasteiger partial charge in [0.2, 0.25) is 10.0 Å². The van der Waals surface area contributed by atoms with Crippen LogP contribution in [0.4, 0.5) is 0 Å². The fourth-order valence-corrected chi connectivity index (χ4v) is 4.12. The minimum atomic E-state index is -3.10. The topological polar surface area (TPSA) is 58.2 Å². The third-order valence-corrected chi connectivity index (χ3v) is 5.63. The summed E-state index contributed by atoms with van der Waals surface area (Å²) in [7, 11) is -3.10. The van der Waals surface area contributed by atoms with Crippen LogP contribution in [0.25, 0.3) is 0 Å². The van der Waals surface area contributed by atoms with Gasteiger partial charge in [-0.05, 0) is 43.9 Å². The number of piperidine rings is 1. The number of nitrogens with one attached hydrogen (secondary N) is 2. The van der Waals surface area contributed by atoms with E-state index in [1.807, 2.05) is 6.26 Å². The van der Waals surface area contributed by atoms with Gasteiger partial charge in [0, 0.05) is 6.54 Å². The molecule has 1 aliphatic heterocycles. The lowest BCUT2D eigenvalue weighted by Gasteiger charge is -2.23. The molecule has 6 heteroatoms. The Morgan fingerprint density at radius 2 is 2.06 bits per heavy atom. The summed E-state index contributed by atoms with van der Waals surface area (Å²) in [6, 6.07) is 0. The zero-order valence-electron chi connectivity index (χ0n) is 10.0. The molecule has 0 saturated carbocycles. The van der Waals surface area contributed by atoms with Gasteiger partial charge >= 0.3 is 0 Å². The Morgan fingerprint density at radius 3 is 2.62 bits per heavy atom. The van der Waals surface area contributed by atoms with E-state index in [2.05, 4.69) is 17.0 Å². The first-order valence-corrected chi connectivity index (χ1v) is 8.68. The van der Waals surface area contributed by atoms with E-state index in [0.29, 0.717) is 12.5 Å². The molecule has 0 amide bonds. The molecular formula is C10H22N2O2S2. The van der Waals surface area contributed by atoms with Crippen LogP contribution in [0.1, 0.15) is 19.8 Å². The summed E-state index contributed by atoms with van der Waals surface area (Å²) >= 11 is 1.75. The quantitative estimate of drug-likeness (QED) is 0.741. The van der Waals surface area contributed by atoms with Crippen LogP contribution >= 0.6 is 11.8 Å². The first-order chi connectivity index (χ1) is 7.56. The van der Waals surface area contributed by atoms with E-state index in [1.165, 1.54) is 0 Å². The Kier molecular flexibility index (Phi) is 6.10. The second-order valence-corrected chi connectivity index (χ2v) is 7.36. The molecule has 0 aliphatic carbocycles. The van der Waals surface area contributed by atoms with Crippen molar-refractivity contribution in [1.29, 1.82) is 0 Å². The van der Waals surface area contributed by atoms with Gasteiger partial charge in [-0.3, -0.25) is 0 Å². The fourth-order valence-electron chi connectivity index (χ4n) is 1.83. The number of sulfonamides is 1. The minimum absolute atomic E-state index is 0.199. The summed E-state index contributed by atoms with van der Waals surface area (Å²) in [6.45, 7) is 4.26. The largest absolute Gasteiger partial charge is 0.317 e. The lowest BCUT2D eigenvalue weighted by atomic mass is 10.2. The molecule has 1 atom stereocenters. The molecule has 2 N–H and O–H groups in total. The molecule has 1 aliphatic rings. The number of hydrogen-bond acceptors (Lipinski definition) is 4. The lowest BCUT2D eigenvalue weighted by molar-refractivity contribution is 0.485. The van der Waals surface area contributed by atoms with Gasteiger partial charge in [-0.15, -0.1) is 0 Å². The highest BCUT2D eigenvalue weighted by Crippen LogP contribution is 2.12. The molecule has 0 aromatic heterocycles. The van der Waals surface area contributed by atoms with Gasteiger partial charge in [0.25, 0.3) is 0 Å². The van der Waals surface area contributed by atoms with Gasteiger partial charge < -0.3 is 5.32 Å². The van der Waals surface area contributed by atoms with Crippen molar-refractivity contribution >= 4 is 21.8 Å². The third-order valence-electron chi connectivity index (χ3n) is 2.81. The number of thioether (sulfide) groups is 1. The molecule has 0 aromatic rings. The van der Waals surface area contributed by atoms with E-state index >= 15 is 0 Å². The molecule has 0 radical (unpaired) electrons. The summed E-state index contributed by atoms with van der Waals surface area (Å²) in [6.07, 6.45) is 3.50. The van der Waals surface area contributed by atoms with Crippen molar-refractivity contribution < 1.29 is 8.42 Å². The summed E-state index contributed by atoms with van der Waals surface area (Å²) in [4.78, 5) is 0. The summed E-state index contributed by atoms with van der Waals surface area (Å²) < 4.78 is 26.6. The average Bonchev–Trinajstić information content (AvgIpc) is 2.28. The van der Waals surface area contributed by atoms with Crippen molar-refractivity contribution in [3.63, 3.8) is 0 Å². The van der Waals surface area contributed by atoms with Crippen LogP contribution in [-0.4, -0.2) is 45.3 Å². The van der Waals surface area contributed by atoms with Crippen LogP contribution in [0.15, 0.2) is 0 Å². The van der Waals surface area contributed by atoms with Crippen molar-refractivity contribution in [1.82, 2.24) is 10.0 Å². The predicted molar refractivity (Wildman–Crippen MR) is 70.4 cm³/mol. The average molecular weight is 266 g/mol. The fraction of sp³-hybridized carbons (Fsp3) is 1.00. The van der Waals surface area contributed by atoms with Crippen molar-refractivity contribution in [3.8, 4) is 0 Å². The Balaban J connectivity index is 2.38. The molecule has 16 heavy (non-hydrogen) atoms. The van der Waals surface area contributed by atoms with Crippen LogP contribution in [0.5, 0.6) is 0 Å². The van der Waals surface area contributed by atoms with Gasteiger partial charge in [-0.25, -0.2) is 13.1 Å². The highest BCUT2D eigenvalue weighted by Gasteiger charge is 2.26. The van der Waals surface area contributed by atoms with E-state index in [4.69, 9.17) is 0 Å². The number of hydrogen-bond donors (Lipinski definition) is 2. The zero-order valence-corrected chi connectivity index (χ0v) is 11.7. The molecule has 4 nitrogen and oxygen atoms in total. The van der Waals surface area contributed by atoms with E-state index in [0.717, 1.165) is 31.7 Å². The van der Waals surface area contributed by atoms with Gasteiger partial charge in [0.1, 0.15) is 0 Å². The second kappa shape index (κ2) is 6.83. The van der Waals surface area contributed by atoms with Gasteiger partial charge in [0.05, 0.1) is 5.25 Å². The standard InChI is InChI=1S/C10H22N2O2S2/c1-9(8-15-2)7-12-16(13,14)10-3-5-11-6-4-10/h9-12H,3-8H2,1-2H3. The van der Waals surface area contributed by atoms with Crippen molar-refractivity contribution in [3.05, 3.63) is 0 Å². The van der Waals surface area contributed by atoms with E-state index in [1.54, 1.807) is 11.8 Å². The first-order valence-electron chi connectivity index (χ1n) is 5.74. The van der Waals surface area contributed by atoms with Crippen LogP contribution < -0.4 is 10.0 Å². The molecule has 0 spiro atoms. The van der Waals surface area contributed by atoms with Crippen molar-refractivity contribution in [2.75, 3.05) is 31.6 Å². The molecule has 0 bridgehead atoms. The maximum Gasteiger partial charge on any atom is 0.214 e. The number of rotatable bonds is 6. The monoisotopic (exact) mass is 266 g/mol.